The molecule has 1 saturated heterocycles. The molecule has 0 atom stereocenters. The zero-order valence-corrected chi connectivity index (χ0v) is 12.0. The second-order valence-corrected chi connectivity index (χ2v) is 5.19. The second kappa shape index (κ2) is 6.24. The maximum atomic E-state index is 11.9. The van der Waals surface area contributed by atoms with Crippen LogP contribution in [0.2, 0.25) is 0 Å². The van der Waals surface area contributed by atoms with E-state index in [0.717, 1.165) is 19.6 Å². The predicted molar refractivity (Wildman–Crippen MR) is 69.5 cm³/mol. The molecule has 16 heavy (non-hydrogen) atoms. The standard InChI is InChI=1S/C11H22N2O.C2H6/c1-9(2)10(14)13-7-6-12(5)8-11(13,3)4;1-2/h9H,6-8H2,1-5H3;1-2H3. The average Bonchev–Trinajstić information content (AvgIpc) is 2.18. The molecule has 0 spiro atoms. The lowest BCUT2D eigenvalue weighted by Gasteiger charge is -2.46. The van der Waals surface area contributed by atoms with E-state index < -0.39 is 0 Å². The number of nitrogens with zero attached hydrogens (tertiary/aromatic N) is 2. The topological polar surface area (TPSA) is 23.6 Å². The molecule has 0 aliphatic carbocycles. The third-order valence-electron chi connectivity index (χ3n) is 2.85. The van der Waals surface area contributed by atoms with Crippen molar-refractivity contribution in [3.8, 4) is 0 Å². The molecule has 0 N–H and O–H groups in total. The van der Waals surface area contributed by atoms with E-state index in [2.05, 4.69) is 25.8 Å². The normalized spacial score (nSPS) is 20.4. The van der Waals surface area contributed by atoms with Crippen LogP contribution in [0.15, 0.2) is 0 Å². The van der Waals surface area contributed by atoms with Crippen LogP contribution in [0.1, 0.15) is 41.5 Å². The molecule has 1 heterocycles. The summed E-state index contributed by atoms with van der Waals surface area (Å²) in [4.78, 5) is 16.2. The Balaban J connectivity index is 0.00000106. The second-order valence-electron chi connectivity index (χ2n) is 5.19. The molecule has 0 aromatic carbocycles. The Bertz CT molecular complexity index is 224. The van der Waals surface area contributed by atoms with E-state index in [9.17, 15) is 4.79 Å². The summed E-state index contributed by atoms with van der Waals surface area (Å²) in [5, 5.41) is 0. The molecule has 3 heteroatoms. The summed E-state index contributed by atoms with van der Waals surface area (Å²) in [6.45, 7) is 15.0. The van der Waals surface area contributed by atoms with E-state index >= 15 is 0 Å². The van der Waals surface area contributed by atoms with Crippen LogP contribution in [0.3, 0.4) is 0 Å². The van der Waals surface area contributed by atoms with Gasteiger partial charge in [0.25, 0.3) is 0 Å². The number of hydrogen-bond acceptors (Lipinski definition) is 2. The lowest BCUT2D eigenvalue weighted by molar-refractivity contribution is -0.143. The number of likely N-dealkylation sites (N-methyl/N-ethyl adjacent to an activating group) is 1. The van der Waals surface area contributed by atoms with Crippen molar-refractivity contribution in [2.45, 2.75) is 47.1 Å². The zero-order valence-electron chi connectivity index (χ0n) is 12.0. The molecule has 1 fully saturated rings. The molecule has 1 aliphatic rings. The molecular formula is C13H28N2O. The van der Waals surface area contributed by atoms with Crippen LogP contribution >= 0.6 is 0 Å². The van der Waals surface area contributed by atoms with Gasteiger partial charge >= 0.3 is 0 Å². The van der Waals surface area contributed by atoms with E-state index in [4.69, 9.17) is 0 Å². The zero-order chi connectivity index (χ0) is 12.9. The number of rotatable bonds is 1. The van der Waals surface area contributed by atoms with Gasteiger partial charge in [-0.2, -0.15) is 0 Å². The first-order chi connectivity index (χ1) is 7.34. The van der Waals surface area contributed by atoms with E-state index in [-0.39, 0.29) is 17.4 Å². The highest BCUT2D eigenvalue weighted by molar-refractivity contribution is 5.79. The molecule has 0 unspecified atom stereocenters. The van der Waals surface area contributed by atoms with E-state index in [1.165, 1.54) is 0 Å². The van der Waals surface area contributed by atoms with Gasteiger partial charge in [-0.1, -0.05) is 27.7 Å². The summed E-state index contributed by atoms with van der Waals surface area (Å²) in [5.74, 6) is 0.390. The lowest BCUT2D eigenvalue weighted by Crippen LogP contribution is -2.60. The summed E-state index contributed by atoms with van der Waals surface area (Å²) >= 11 is 0. The van der Waals surface area contributed by atoms with E-state index in [1.807, 2.05) is 32.6 Å². The third-order valence-corrected chi connectivity index (χ3v) is 2.85. The number of hydrogen-bond donors (Lipinski definition) is 0. The van der Waals surface area contributed by atoms with Gasteiger partial charge in [0.2, 0.25) is 5.91 Å². The Morgan fingerprint density at radius 2 is 1.69 bits per heavy atom. The highest BCUT2D eigenvalue weighted by atomic mass is 16.2. The number of carbonyl (C=O) groups is 1. The van der Waals surface area contributed by atoms with Gasteiger partial charge in [-0.05, 0) is 20.9 Å². The first-order valence-electron chi connectivity index (χ1n) is 6.34. The first-order valence-corrected chi connectivity index (χ1v) is 6.34. The molecule has 3 nitrogen and oxygen atoms in total. The van der Waals surface area contributed by atoms with Gasteiger partial charge in [0, 0.05) is 31.1 Å². The quantitative estimate of drug-likeness (QED) is 0.687. The van der Waals surface area contributed by atoms with Crippen molar-refractivity contribution < 1.29 is 4.79 Å². The van der Waals surface area contributed by atoms with E-state index in [1.54, 1.807) is 0 Å². The van der Waals surface area contributed by atoms with Crippen LogP contribution < -0.4 is 0 Å². The fraction of sp³-hybridized carbons (Fsp3) is 0.923. The molecular weight excluding hydrogens is 200 g/mol. The summed E-state index contributed by atoms with van der Waals surface area (Å²) < 4.78 is 0. The van der Waals surface area contributed by atoms with Gasteiger partial charge in [-0.25, -0.2) is 0 Å². The maximum Gasteiger partial charge on any atom is 0.225 e. The molecule has 0 bridgehead atoms. The van der Waals surface area contributed by atoms with Gasteiger partial charge in [0.15, 0.2) is 0 Å². The summed E-state index contributed by atoms with van der Waals surface area (Å²) in [6, 6.07) is 0. The highest BCUT2D eigenvalue weighted by Gasteiger charge is 2.35. The molecule has 0 radical (unpaired) electrons. The van der Waals surface area contributed by atoms with Crippen molar-refractivity contribution in [2.75, 3.05) is 26.7 Å². The van der Waals surface area contributed by atoms with Crippen molar-refractivity contribution in [3.05, 3.63) is 0 Å². The van der Waals surface area contributed by atoms with Gasteiger partial charge < -0.3 is 9.80 Å². The molecule has 0 aromatic rings. The van der Waals surface area contributed by atoms with Gasteiger partial charge in [0.1, 0.15) is 0 Å². The monoisotopic (exact) mass is 228 g/mol. The van der Waals surface area contributed by atoms with Crippen molar-refractivity contribution in [1.82, 2.24) is 9.80 Å². The molecule has 96 valence electrons. The van der Waals surface area contributed by atoms with Crippen molar-refractivity contribution in [3.63, 3.8) is 0 Å². The Morgan fingerprint density at radius 3 is 2.06 bits per heavy atom. The minimum absolute atomic E-state index is 0.0195. The molecule has 1 rings (SSSR count). The van der Waals surface area contributed by atoms with E-state index in [0.29, 0.717) is 0 Å². The fourth-order valence-electron chi connectivity index (χ4n) is 2.12. The van der Waals surface area contributed by atoms with Gasteiger partial charge in [0.05, 0.1) is 0 Å². The van der Waals surface area contributed by atoms with Crippen LogP contribution in [-0.2, 0) is 4.79 Å². The lowest BCUT2D eigenvalue weighted by atomic mass is 9.97. The maximum absolute atomic E-state index is 11.9. The van der Waals surface area contributed by atoms with Crippen LogP contribution in [-0.4, -0.2) is 47.9 Å². The van der Waals surface area contributed by atoms with Gasteiger partial charge in [-0.3, -0.25) is 4.79 Å². The largest absolute Gasteiger partial charge is 0.335 e. The molecule has 1 amide bonds. The van der Waals surface area contributed by atoms with Crippen molar-refractivity contribution >= 4 is 5.91 Å². The minimum atomic E-state index is -0.0195. The van der Waals surface area contributed by atoms with Crippen LogP contribution in [0, 0.1) is 5.92 Å². The fourth-order valence-corrected chi connectivity index (χ4v) is 2.12. The Labute approximate surface area is 101 Å². The minimum Gasteiger partial charge on any atom is -0.335 e. The Kier molecular flexibility index (Phi) is 6.01. The summed E-state index contributed by atoms with van der Waals surface area (Å²) in [6.07, 6.45) is 0. The van der Waals surface area contributed by atoms with Crippen molar-refractivity contribution in [1.29, 1.82) is 0 Å². The Morgan fingerprint density at radius 1 is 1.19 bits per heavy atom. The van der Waals surface area contributed by atoms with Gasteiger partial charge in [-0.15, -0.1) is 0 Å². The summed E-state index contributed by atoms with van der Waals surface area (Å²) in [7, 11) is 2.11. The smallest absolute Gasteiger partial charge is 0.225 e. The molecule has 0 saturated carbocycles. The highest BCUT2D eigenvalue weighted by Crippen LogP contribution is 2.21. The number of piperazine rings is 1. The Hall–Kier alpha value is -0.570. The number of amides is 1. The van der Waals surface area contributed by atoms with Crippen molar-refractivity contribution in [2.24, 2.45) is 5.92 Å². The van der Waals surface area contributed by atoms with Crippen LogP contribution in [0.5, 0.6) is 0 Å². The number of carbonyl (C=O) groups excluding carboxylic acids is 1. The SMILES string of the molecule is CC.CC(C)C(=O)N1CCN(C)CC1(C)C. The summed E-state index contributed by atoms with van der Waals surface area (Å²) in [5.41, 5.74) is -0.0195. The first kappa shape index (κ1) is 15.4. The predicted octanol–water partition coefficient (Wildman–Crippen LogP) is 2.22. The van der Waals surface area contributed by atoms with Crippen LogP contribution in [0.4, 0.5) is 0 Å². The average molecular weight is 228 g/mol. The molecule has 1 aliphatic heterocycles. The van der Waals surface area contributed by atoms with Crippen LogP contribution in [0.25, 0.3) is 0 Å². The third kappa shape index (κ3) is 3.78. The molecule has 0 aromatic heterocycles.